The highest BCUT2D eigenvalue weighted by Gasteiger charge is 2.53. The Morgan fingerprint density at radius 2 is 2.09 bits per heavy atom. The van der Waals surface area contributed by atoms with Gasteiger partial charge in [-0.05, 0) is 37.1 Å². The van der Waals surface area contributed by atoms with Crippen LogP contribution in [0.2, 0.25) is 5.15 Å². The van der Waals surface area contributed by atoms with E-state index in [0.29, 0.717) is 29.5 Å². The topological polar surface area (TPSA) is 86.2 Å². The van der Waals surface area contributed by atoms with Gasteiger partial charge in [0.15, 0.2) is 11.5 Å². The summed E-state index contributed by atoms with van der Waals surface area (Å²) in [4.78, 5) is 20.2. The number of hydrogen-bond acceptors (Lipinski definition) is 4. The van der Waals surface area contributed by atoms with Crippen LogP contribution in [0.15, 0.2) is 36.5 Å². The smallest absolute Gasteiger partial charge is 0.231 e. The van der Waals surface area contributed by atoms with Crippen LogP contribution in [0.4, 0.5) is 0 Å². The van der Waals surface area contributed by atoms with Gasteiger partial charge < -0.3 is 5.73 Å². The zero-order chi connectivity index (χ0) is 15.3. The van der Waals surface area contributed by atoms with Crippen molar-refractivity contribution in [1.82, 2.24) is 19.6 Å². The molecule has 1 saturated carbocycles. The first-order valence-corrected chi connectivity index (χ1v) is 7.26. The monoisotopic (exact) mass is 313 g/mol. The average Bonchev–Trinajstić information content (AvgIpc) is 3.21. The lowest BCUT2D eigenvalue weighted by molar-refractivity contribution is -0.120. The highest BCUT2D eigenvalue weighted by molar-refractivity contribution is 6.29. The van der Waals surface area contributed by atoms with E-state index in [4.69, 9.17) is 17.3 Å². The second-order valence-electron chi connectivity index (χ2n) is 5.43. The Kier molecular flexibility index (Phi) is 2.71. The molecule has 0 bridgehead atoms. The summed E-state index contributed by atoms with van der Waals surface area (Å²) >= 11 is 5.83. The van der Waals surface area contributed by atoms with Crippen molar-refractivity contribution in [3.8, 4) is 11.3 Å². The minimum atomic E-state index is -0.693. The molecule has 1 aliphatic rings. The van der Waals surface area contributed by atoms with Gasteiger partial charge in [0.05, 0.1) is 5.69 Å². The maximum atomic E-state index is 11.7. The zero-order valence-corrected chi connectivity index (χ0v) is 12.3. The van der Waals surface area contributed by atoms with Crippen LogP contribution in [0.3, 0.4) is 0 Å². The van der Waals surface area contributed by atoms with E-state index in [1.165, 1.54) is 0 Å². The van der Waals surface area contributed by atoms with Crippen LogP contribution in [0.5, 0.6) is 0 Å². The number of rotatable bonds is 3. The van der Waals surface area contributed by atoms with Gasteiger partial charge in [-0.2, -0.15) is 0 Å². The minimum absolute atomic E-state index is 0.363. The van der Waals surface area contributed by atoms with Gasteiger partial charge in [0.2, 0.25) is 5.91 Å². The Morgan fingerprint density at radius 3 is 2.73 bits per heavy atom. The Labute approximate surface area is 130 Å². The van der Waals surface area contributed by atoms with E-state index < -0.39 is 5.41 Å². The number of aromatic nitrogens is 4. The Morgan fingerprint density at radius 1 is 1.27 bits per heavy atom. The fourth-order valence-corrected chi connectivity index (χ4v) is 2.67. The van der Waals surface area contributed by atoms with E-state index >= 15 is 0 Å². The molecule has 22 heavy (non-hydrogen) atoms. The molecule has 1 amide bonds. The summed E-state index contributed by atoms with van der Waals surface area (Å²) in [5, 5.41) is 4.94. The van der Waals surface area contributed by atoms with Crippen molar-refractivity contribution in [3.63, 3.8) is 0 Å². The van der Waals surface area contributed by atoms with Gasteiger partial charge in [-0.3, -0.25) is 4.79 Å². The summed E-state index contributed by atoms with van der Waals surface area (Å²) < 4.78 is 1.71. The number of carbonyl (C=O) groups is 1. The molecule has 1 fully saturated rings. The summed E-state index contributed by atoms with van der Waals surface area (Å²) in [6, 6.07) is 9.24. The molecule has 7 heteroatoms. The van der Waals surface area contributed by atoms with E-state index in [0.717, 1.165) is 11.3 Å². The molecule has 2 N–H and O–H groups in total. The van der Waals surface area contributed by atoms with Crippen LogP contribution < -0.4 is 5.73 Å². The Bertz CT molecular complexity index is 883. The lowest BCUT2D eigenvalue weighted by Gasteiger charge is -2.05. The molecule has 6 nitrogen and oxygen atoms in total. The molecular formula is C15H12ClN5O. The van der Waals surface area contributed by atoms with Gasteiger partial charge in [-0.15, -0.1) is 5.10 Å². The predicted molar refractivity (Wildman–Crippen MR) is 81.3 cm³/mol. The predicted octanol–water partition coefficient (Wildman–Crippen LogP) is 1.96. The fraction of sp³-hybridized carbons (Fsp3) is 0.200. The number of pyridine rings is 2. The summed E-state index contributed by atoms with van der Waals surface area (Å²) in [6.07, 6.45) is 3.09. The van der Waals surface area contributed by atoms with Crippen molar-refractivity contribution in [1.29, 1.82) is 0 Å². The van der Waals surface area contributed by atoms with E-state index in [1.54, 1.807) is 16.8 Å². The highest BCUT2D eigenvalue weighted by atomic mass is 35.5. The molecule has 1 aliphatic carbocycles. The van der Waals surface area contributed by atoms with Gasteiger partial charge in [0, 0.05) is 11.8 Å². The molecule has 0 atom stereocenters. The van der Waals surface area contributed by atoms with Crippen molar-refractivity contribution in [2.45, 2.75) is 18.3 Å². The zero-order valence-electron chi connectivity index (χ0n) is 11.5. The first kappa shape index (κ1) is 13.2. The van der Waals surface area contributed by atoms with Gasteiger partial charge in [0.1, 0.15) is 10.6 Å². The summed E-state index contributed by atoms with van der Waals surface area (Å²) in [6.45, 7) is 0. The molecule has 0 aromatic carbocycles. The quantitative estimate of drug-likeness (QED) is 0.749. The molecule has 3 aromatic rings. The number of halogens is 1. The third-order valence-electron chi connectivity index (χ3n) is 4.03. The minimum Gasteiger partial charge on any atom is -0.369 e. The second kappa shape index (κ2) is 4.51. The van der Waals surface area contributed by atoms with E-state index in [-0.39, 0.29) is 5.91 Å². The SMILES string of the molecule is NC(=O)C1(c2nc3cccc(-c4ccc(Cl)nc4)n3n2)CC1. The number of hydrogen-bond donors (Lipinski definition) is 1. The summed E-state index contributed by atoms with van der Waals surface area (Å²) in [5.74, 6) is 0.132. The van der Waals surface area contributed by atoms with Crippen molar-refractivity contribution in [2.75, 3.05) is 0 Å². The number of fused-ring (bicyclic) bond motifs is 1. The maximum absolute atomic E-state index is 11.7. The summed E-state index contributed by atoms with van der Waals surface area (Å²) in [7, 11) is 0. The molecule has 3 heterocycles. The van der Waals surface area contributed by atoms with Crippen LogP contribution in [0, 0.1) is 0 Å². The first-order chi connectivity index (χ1) is 10.6. The first-order valence-electron chi connectivity index (χ1n) is 6.88. The van der Waals surface area contributed by atoms with Crippen molar-refractivity contribution < 1.29 is 4.79 Å². The molecular weight excluding hydrogens is 302 g/mol. The van der Waals surface area contributed by atoms with Crippen LogP contribution >= 0.6 is 11.6 Å². The average molecular weight is 314 g/mol. The lowest BCUT2D eigenvalue weighted by Crippen LogP contribution is -2.29. The normalized spacial score (nSPS) is 15.9. The molecule has 0 aliphatic heterocycles. The highest BCUT2D eigenvalue weighted by Crippen LogP contribution is 2.46. The molecule has 0 saturated heterocycles. The number of nitrogens with zero attached hydrogens (tertiary/aromatic N) is 4. The third-order valence-corrected chi connectivity index (χ3v) is 4.26. The van der Waals surface area contributed by atoms with Crippen molar-refractivity contribution >= 4 is 23.2 Å². The molecule has 3 aromatic heterocycles. The van der Waals surface area contributed by atoms with E-state index in [1.807, 2.05) is 24.3 Å². The van der Waals surface area contributed by atoms with Crippen LogP contribution in [0.1, 0.15) is 18.7 Å². The van der Waals surface area contributed by atoms with E-state index in [2.05, 4.69) is 15.1 Å². The number of primary amides is 1. The van der Waals surface area contributed by atoms with Gasteiger partial charge in [0.25, 0.3) is 0 Å². The Balaban J connectivity index is 1.89. The summed E-state index contributed by atoms with van der Waals surface area (Å²) in [5.41, 5.74) is 7.19. The van der Waals surface area contributed by atoms with Crippen LogP contribution in [0.25, 0.3) is 16.9 Å². The molecule has 0 unspecified atom stereocenters. The maximum Gasteiger partial charge on any atom is 0.231 e. The lowest BCUT2D eigenvalue weighted by atomic mass is 10.1. The van der Waals surface area contributed by atoms with Crippen LogP contribution in [-0.4, -0.2) is 25.5 Å². The van der Waals surface area contributed by atoms with Crippen molar-refractivity contribution in [3.05, 3.63) is 47.5 Å². The van der Waals surface area contributed by atoms with Crippen LogP contribution in [-0.2, 0) is 10.2 Å². The standard InChI is InChI=1S/C15H12ClN5O/c16-11-5-4-9(8-18-11)10-2-1-3-12-19-14(20-21(10)12)15(6-7-15)13(17)22/h1-5,8H,6-7H2,(H2,17,22). The molecule has 4 rings (SSSR count). The number of nitrogens with two attached hydrogens (primary N) is 1. The van der Waals surface area contributed by atoms with Gasteiger partial charge >= 0.3 is 0 Å². The second-order valence-corrected chi connectivity index (χ2v) is 5.82. The fourth-order valence-electron chi connectivity index (χ4n) is 2.56. The third kappa shape index (κ3) is 1.88. The molecule has 110 valence electrons. The molecule has 0 spiro atoms. The largest absolute Gasteiger partial charge is 0.369 e. The van der Waals surface area contributed by atoms with Gasteiger partial charge in [-0.1, -0.05) is 17.7 Å². The number of amides is 1. The van der Waals surface area contributed by atoms with E-state index in [9.17, 15) is 4.79 Å². The number of carbonyl (C=O) groups excluding carboxylic acids is 1. The van der Waals surface area contributed by atoms with Crippen molar-refractivity contribution in [2.24, 2.45) is 5.73 Å². The van der Waals surface area contributed by atoms with Gasteiger partial charge in [-0.25, -0.2) is 14.5 Å². The Hall–Kier alpha value is -2.47. The molecule has 0 radical (unpaired) electrons.